The van der Waals surface area contributed by atoms with Crippen molar-refractivity contribution >= 4 is 29.2 Å². The zero-order valence-electron chi connectivity index (χ0n) is 8.02. The summed E-state index contributed by atoms with van der Waals surface area (Å²) in [5.74, 6) is -1.93. The first-order valence-corrected chi connectivity index (χ1v) is 4.90. The second-order valence-electron chi connectivity index (χ2n) is 3.01. The van der Waals surface area contributed by atoms with E-state index in [0.29, 0.717) is 0 Å². The van der Waals surface area contributed by atoms with E-state index in [4.69, 9.17) is 28.3 Å². The molecule has 0 fully saturated rings. The molecule has 0 unspecified atom stereocenters. The maximum Gasteiger partial charge on any atom is 0.573 e. The lowest BCUT2D eigenvalue weighted by Gasteiger charge is -2.12. The van der Waals surface area contributed by atoms with E-state index in [9.17, 15) is 18.0 Å². The second kappa shape index (κ2) is 5.01. The molecule has 1 aromatic carbocycles. The zero-order valence-corrected chi connectivity index (χ0v) is 9.53. The van der Waals surface area contributed by atoms with Crippen LogP contribution in [0.1, 0.15) is 5.56 Å². The van der Waals surface area contributed by atoms with E-state index in [1.54, 1.807) is 0 Å². The van der Waals surface area contributed by atoms with Crippen molar-refractivity contribution in [3.05, 3.63) is 27.7 Å². The summed E-state index contributed by atoms with van der Waals surface area (Å²) >= 11 is 11.1. The van der Waals surface area contributed by atoms with Crippen molar-refractivity contribution in [1.29, 1.82) is 0 Å². The largest absolute Gasteiger partial charge is 0.573 e. The molecule has 1 N–H and O–H groups in total. The van der Waals surface area contributed by atoms with Gasteiger partial charge in [0.2, 0.25) is 0 Å². The monoisotopic (exact) mass is 288 g/mol. The van der Waals surface area contributed by atoms with Crippen LogP contribution < -0.4 is 4.74 Å². The van der Waals surface area contributed by atoms with Gasteiger partial charge in [0, 0.05) is 0 Å². The third-order valence-corrected chi connectivity index (χ3v) is 2.42. The van der Waals surface area contributed by atoms with Crippen LogP contribution in [0.5, 0.6) is 5.75 Å². The van der Waals surface area contributed by atoms with Crippen LogP contribution in [0.3, 0.4) is 0 Å². The number of halogens is 5. The summed E-state index contributed by atoms with van der Waals surface area (Å²) in [7, 11) is 0. The molecule has 0 amide bonds. The SMILES string of the molecule is O=C(O)Cc1cc(Cl)c(Cl)c(OC(F)(F)F)c1. The standard InChI is InChI=1S/C9H5Cl2F3O3/c10-5-1-4(3-7(15)16)2-6(8(5)11)17-9(12,13)14/h1-2H,3H2,(H,15,16). The van der Waals surface area contributed by atoms with Crippen LogP contribution >= 0.6 is 23.2 Å². The highest BCUT2D eigenvalue weighted by Gasteiger charge is 2.32. The van der Waals surface area contributed by atoms with Gasteiger partial charge in [-0.15, -0.1) is 13.2 Å². The molecule has 0 spiro atoms. The Bertz CT molecular complexity index is 446. The van der Waals surface area contributed by atoms with Crippen molar-refractivity contribution in [2.45, 2.75) is 12.8 Å². The van der Waals surface area contributed by atoms with Gasteiger partial charge in [0.05, 0.1) is 11.4 Å². The Morgan fingerprint density at radius 1 is 1.35 bits per heavy atom. The molecule has 0 heterocycles. The Kier molecular flexibility index (Phi) is 4.11. The quantitative estimate of drug-likeness (QED) is 0.926. The number of aliphatic carboxylic acids is 1. The fourth-order valence-corrected chi connectivity index (χ4v) is 1.47. The summed E-state index contributed by atoms with van der Waals surface area (Å²) in [6.07, 6.45) is -5.40. The van der Waals surface area contributed by atoms with Crippen molar-refractivity contribution in [3.63, 3.8) is 0 Å². The molecule has 0 saturated heterocycles. The van der Waals surface area contributed by atoms with E-state index in [1.807, 2.05) is 0 Å². The Hall–Kier alpha value is -1.14. The molecule has 0 atom stereocenters. The summed E-state index contributed by atoms with van der Waals surface area (Å²) in [5.41, 5.74) is 0.0613. The molecular formula is C9H5Cl2F3O3. The number of rotatable bonds is 3. The summed E-state index contributed by atoms with van der Waals surface area (Å²) < 4.78 is 39.6. The minimum atomic E-state index is -4.92. The van der Waals surface area contributed by atoms with E-state index < -0.39 is 29.5 Å². The number of hydrogen-bond acceptors (Lipinski definition) is 2. The Labute approximate surface area is 104 Å². The zero-order chi connectivity index (χ0) is 13.2. The van der Waals surface area contributed by atoms with E-state index in [1.165, 1.54) is 6.07 Å². The van der Waals surface area contributed by atoms with Crippen LogP contribution in [-0.4, -0.2) is 17.4 Å². The molecule has 0 radical (unpaired) electrons. The Morgan fingerprint density at radius 3 is 2.41 bits per heavy atom. The minimum absolute atomic E-state index is 0.0613. The third kappa shape index (κ3) is 4.32. The summed E-state index contributed by atoms with van der Waals surface area (Å²) in [5, 5.41) is 7.89. The van der Waals surface area contributed by atoms with Gasteiger partial charge in [-0.25, -0.2) is 0 Å². The lowest BCUT2D eigenvalue weighted by atomic mass is 10.1. The summed E-state index contributed by atoms with van der Waals surface area (Å²) in [6.45, 7) is 0. The second-order valence-corrected chi connectivity index (χ2v) is 3.79. The van der Waals surface area contributed by atoms with Gasteiger partial charge in [-0.3, -0.25) is 4.79 Å². The lowest BCUT2D eigenvalue weighted by Crippen LogP contribution is -2.17. The molecule has 8 heteroatoms. The molecule has 1 rings (SSSR count). The molecule has 94 valence electrons. The molecule has 3 nitrogen and oxygen atoms in total. The maximum absolute atomic E-state index is 12.0. The summed E-state index contributed by atoms with van der Waals surface area (Å²) in [4.78, 5) is 10.4. The molecule has 1 aromatic rings. The highest BCUT2D eigenvalue weighted by Crippen LogP contribution is 2.36. The van der Waals surface area contributed by atoms with Gasteiger partial charge in [-0.2, -0.15) is 0 Å². The maximum atomic E-state index is 12.0. The number of ether oxygens (including phenoxy) is 1. The Morgan fingerprint density at radius 2 is 1.94 bits per heavy atom. The molecule has 17 heavy (non-hydrogen) atoms. The fraction of sp³-hybridized carbons (Fsp3) is 0.222. The van der Waals surface area contributed by atoms with Gasteiger partial charge in [0.15, 0.2) is 0 Å². The van der Waals surface area contributed by atoms with Crippen LogP contribution in [0.15, 0.2) is 12.1 Å². The number of alkyl halides is 3. The lowest BCUT2D eigenvalue weighted by molar-refractivity contribution is -0.274. The average Bonchev–Trinajstić information content (AvgIpc) is 2.09. The van der Waals surface area contributed by atoms with Crippen molar-refractivity contribution in [2.75, 3.05) is 0 Å². The predicted octanol–water partition coefficient (Wildman–Crippen LogP) is 3.52. The van der Waals surface area contributed by atoms with E-state index >= 15 is 0 Å². The minimum Gasteiger partial charge on any atom is -0.481 e. The van der Waals surface area contributed by atoms with Crippen LogP contribution in [0.2, 0.25) is 10.0 Å². The van der Waals surface area contributed by atoms with Crippen molar-refractivity contribution in [1.82, 2.24) is 0 Å². The van der Waals surface area contributed by atoms with Crippen LogP contribution in [0, 0.1) is 0 Å². The van der Waals surface area contributed by atoms with Gasteiger partial charge in [-0.05, 0) is 17.7 Å². The summed E-state index contributed by atoms with van der Waals surface area (Å²) in [6, 6.07) is 2.05. The molecule has 0 aliphatic carbocycles. The third-order valence-electron chi connectivity index (χ3n) is 1.64. The van der Waals surface area contributed by atoms with E-state index in [2.05, 4.69) is 4.74 Å². The topological polar surface area (TPSA) is 46.5 Å². The Balaban J connectivity index is 3.11. The average molecular weight is 289 g/mol. The molecular weight excluding hydrogens is 284 g/mol. The van der Waals surface area contributed by atoms with E-state index in [0.717, 1.165) is 6.07 Å². The van der Waals surface area contributed by atoms with Crippen LogP contribution in [0.25, 0.3) is 0 Å². The molecule has 0 aliphatic heterocycles. The molecule has 0 aliphatic rings. The number of carbonyl (C=O) groups is 1. The van der Waals surface area contributed by atoms with Crippen LogP contribution in [0.4, 0.5) is 13.2 Å². The number of benzene rings is 1. The van der Waals surface area contributed by atoms with E-state index in [-0.39, 0.29) is 10.6 Å². The van der Waals surface area contributed by atoms with Crippen molar-refractivity contribution in [2.24, 2.45) is 0 Å². The van der Waals surface area contributed by atoms with Crippen molar-refractivity contribution in [3.8, 4) is 5.75 Å². The number of hydrogen-bond donors (Lipinski definition) is 1. The molecule has 0 saturated carbocycles. The normalized spacial score (nSPS) is 11.4. The number of carboxylic acids is 1. The predicted molar refractivity (Wildman–Crippen MR) is 54.5 cm³/mol. The highest BCUT2D eigenvalue weighted by molar-refractivity contribution is 6.43. The first kappa shape index (κ1) is 13.9. The molecule has 0 bridgehead atoms. The van der Waals surface area contributed by atoms with Gasteiger partial charge in [0.1, 0.15) is 10.8 Å². The van der Waals surface area contributed by atoms with Gasteiger partial charge in [0.25, 0.3) is 0 Å². The first-order chi connectivity index (χ1) is 7.69. The number of carboxylic acid groups (broad SMARTS) is 1. The highest BCUT2D eigenvalue weighted by atomic mass is 35.5. The smallest absolute Gasteiger partial charge is 0.481 e. The van der Waals surface area contributed by atoms with Gasteiger partial charge in [-0.1, -0.05) is 23.2 Å². The van der Waals surface area contributed by atoms with Gasteiger partial charge >= 0.3 is 12.3 Å². The van der Waals surface area contributed by atoms with Crippen LogP contribution in [-0.2, 0) is 11.2 Å². The first-order valence-electron chi connectivity index (χ1n) is 4.14. The molecule has 0 aromatic heterocycles. The van der Waals surface area contributed by atoms with Crippen molar-refractivity contribution < 1.29 is 27.8 Å². The fourth-order valence-electron chi connectivity index (χ4n) is 1.09. The van der Waals surface area contributed by atoms with Gasteiger partial charge < -0.3 is 9.84 Å².